The van der Waals surface area contributed by atoms with E-state index >= 15 is 0 Å². The summed E-state index contributed by atoms with van der Waals surface area (Å²) in [6.45, 7) is -0.913. The fourth-order valence-electron chi connectivity index (χ4n) is 1.70. The second kappa shape index (κ2) is 8.23. The van der Waals surface area contributed by atoms with Crippen LogP contribution in [0.4, 0.5) is 83.4 Å². The average molecular weight is 554 g/mol. The molecular weight excluding hydrogens is 549 g/mol. The largest absolute Gasteiger partial charge is 0.460 e. The minimum Gasteiger partial charge on any atom is -0.456 e. The first-order valence-electron chi connectivity index (χ1n) is 7.34. The van der Waals surface area contributed by atoms with Crippen molar-refractivity contribution in [2.75, 3.05) is 6.61 Å². The molecule has 0 fully saturated rings. The molecule has 0 amide bonds. The Morgan fingerprint density at radius 2 is 0.794 bits per heavy atom. The first-order valence-corrected chi connectivity index (χ1v) is 7.34. The van der Waals surface area contributed by atoms with Crippen LogP contribution in [0.3, 0.4) is 0 Å². The van der Waals surface area contributed by atoms with E-state index in [9.17, 15) is 88.2 Å². The van der Waals surface area contributed by atoms with Gasteiger partial charge in [0.2, 0.25) is 0 Å². The number of alkyl halides is 19. The van der Waals surface area contributed by atoms with E-state index in [1.54, 1.807) is 0 Å². The molecule has 0 aromatic rings. The number of hydrogen-bond acceptors (Lipinski definition) is 2. The van der Waals surface area contributed by atoms with Gasteiger partial charge < -0.3 is 4.74 Å². The Labute approximate surface area is 173 Å². The summed E-state index contributed by atoms with van der Waals surface area (Å²) in [6, 6.07) is 0. The molecule has 0 rings (SSSR count). The predicted octanol–water partition coefficient (Wildman–Crippen LogP) is 6.36. The van der Waals surface area contributed by atoms with Crippen LogP contribution in [0, 0.1) is 0 Å². The molecule has 0 heterocycles. The highest BCUT2D eigenvalue weighted by Gasteiger charge is 2.96. The third-order valence-corrected chi connectivity index (χ3v) is 3.74. The quantitative estimate of drug-likeness (QED) is 0.179. The lowest BCUT2D eigenvalue weighted by atomic mass is 9.87. The van der Waals surface area contributed by atoms with E-state index in [-0.39, 0.29) is 6.08 Å². The molecular formula is C13H5F19O2. The van der Waals surface area contributed by atoms with Crippen LogP contribution in [-0.4, -0.2) is 66.1 Å². The monoisotopic (exact) mass is 554 g/mol. The lowest BCUT2D eigenvalue weighted by Gasteiger charge is -2.43. The third-order valence-electron chi connectivity index (χ3n) is 3.74. The van der Waals surface area contributed by atoms with E-state index in [0.29, 0.717) is 0 Å². The highest BCUT2D eigenvalue weighted by molar-refractivity contribution is 5.81. The van der Waals surface area contributed by atoms with E-state index in [1.807, 2.05) is 0 Å². The van der Waals surface area contributed by atoms with Gasteiger partial charge in [0.25, 0.3) is 0 Å². The van der Waals surface area contributed by atoms with Crippen LogP contribution >= 0.6 is 0 Å². The summed E-state index contributed by atoms with van der Waals surface area (Å²) >= 11 is 0. The summed E-state index contributed by atoms with van der Waals surface area (Å²) in [5, 5.41) is 0. The fourth-order valence-corrected chi connectivity index (χ4v) is 1.70. The summed E-state index contributed by atoms with van der Waals surface area (Å²) in [4.78, 5) is 10.5. The van der Waals surface area contributed by atoms with Gasteiger partial charge in [0.05, 0.1) is 0 Å². The van der Waals surface area contributed by atoms with Crippen LogP contribution < -0.4 is 0 Å². The Bertz CT molecular complexity index is 778. The molecule has 0 saturated heterocycles. The van der Waals surface area contributed by atoms with Gasteiger partial charge in [0.15, 0.2) is 6.61 Å². The smallest absolute Gasteiger partial charge is 0.456 e. The normalized spacial score (nSPS) is 15.9. The highest BCUT2D eigenvalue weighted by atomic mass is 19.4. The second-order valence-electron chi connectivity index (χ2n) is 6.03. The van der Waals surface area contributed by atoms with Gasteiger partial charge >= 0.3 is 59.5 Å². The first kappa shape index (κ1) is 31.9. The van der Waals surface area contributed by atoms with E-state index in [1.165, 1.54) is 0 Å². The number of ether oxygens (including phenoxy) is 1. The van der Waals surface area contributed by atoms with Crippen molar-refractivity contribution in [2.45, 2.75) is 53.6 Å². The minimum absolute atomic E-state index is 0.126. The third kappa shape index (κ3) is 4.11. The minimum atomic E-state index is -8.99. The van der Waals surface area contributed by atoms with Crippen molar-refractivity contribution in [3.05, 3.63) is 12.7 Å². The lowest BCUT2D eigenvalue weighted by molar-refractivity contribution is -0.469. The van der Waals surface area contributed by atoms with Gasteiger partial charge in [0.1, 0.15) is 0 Å². The zero-order chi connectivity index (χ0) is 28.2. The van der Waals surface area contributed by atoms with Crippen molar-refractivity contribution in [1.29, 1.82) is 0 Å². The molecule has 0 aliphatic heterocycles. The predicted molar refractivity (Wildman–Crippen MR) is 66.8 cm³/mol. The van der Waals surface area contributed by atoms with Crippen molar-refractivity contribution < 1.29 is 92.9 Å². The standard InChI is InChI=1S/C13H5F19O2/c1-2-4(33)34-3-5(14,15)6(16,17)7(18,19)8(20,21)9(22,23)10(24,25)11(26,27)12(28,29)13(30,31)32/h2H,1,3H2. The molecule has 21 heteroatoms. The molecule has 0 aromatic carbocycles. The van der Waals surface area contributed by atoms with Crippen LogP contribution in [0.15, 0.2) is 12.7 Å². The zero-order valence-electron chi connectivity index (χ0n) is 15.0. The van der Waals surface area contributed by atoms with Crippen molar-refractivity contribution in [3.63, 3.8) is 0 Å². The lowest BCUT2D eigenvalue weighted by Crippen LogP contribution is -2.76. The molecule has 2 nitrogen and oxygen atoms in total. The van der Waals surface area contributed by atoms with Gasteiger partial charge in [-0.3, -0.25) is 0 Å². The number of rotatable bonds is 10. The van der Waals surface area contributed by atoms with Crippen LogP contribution in [0.2, 0.25) is 0 Å². The van der Waals surface area contributed by atoms with E-state index < -0.39 is 66.1 Å². The molecule has 0 aromatic heterocycles. The molecule has 0 N–H and O–H groups in total. The molecule has 0 aliphatic carbocycles. The molecule has 0 radical (unpaired) electrons. The van der Waals surface area contributed by atoms with Crippen molar-refractivity contribution >= 4 is 5.97 Å². The number of esters is 1. The molecule has 0 spiro atoms. The molecule has 0 saturated carbocycles. The van der Waals surface area contributed by atoms with Crippen molar-refractivity contribution in [2.24, 2.45) is 0 Å². The first-order chi connectivity index (χ1) is 14.5. The van der Waals surface area contributed by atoms with Gasteiger partial charge in [-0.15, -0.1) is 0 Å². The Hall–Kier alpha value is -2.12. The molecule has 0 atom stereocenters. The second-order valence-corrected chi connectivity index (χ2v) is 6.03. The molecule has 0 aliphatic rings. The molecule has 202 valence electrons. The summed E-state index contributed by atoms with van der Waals surface area (Å²) in [6.07, 6.45) is -8.06. The van der Waals surface area contributed by atoms with Crippen molar-refractivity contribution in [3.8, 4) is 0 Å². The Morgan fingerprint density at radius 1 is 0.529 bits per heavy atom. The van der Waals surface area contributed by atoms with Crippen LogP contribution in [0.1, 0.15) is 0 Å². The van der Waals surface area contributed by atoms with Gasteiger partial charge in [-0.05, 0) is 0 Å². The van der Waals surface area contributed by atoms with Gasteiger partial charge in [-0.2, -0.15) is 83.4 Å². The highest BCUT2D eigenvalue weighted by Crippen LogP contribution is 2.65. The van der Waals surface area contributed by atoms with Gasteiger partial charge in [-0.25, -0.2) is 4.79 Å². The van der Waals surface area contributed by atoms with Gasteiger partial charge in [-0.1, -0.05) is 6.58 Å². The number of halogens is 19. The summed E-state index contributed by atoms with van der Waals surface area (Å²) in [5.74, 6) is -69.6. The van der Waals surface area contributed by atoms with E-state index in [4.69, 9.17) is 0 Å². The summed E-state index contributed by atoms with van der Waals surface area (Å²) in [7, 11) is 0. The number of carbonyl (C=O) groups is 1. The summed E-state index contributed by atoms with van der Waals surface area (Å²) in [5.41, 5.74) is 0. The number of carbonyl (C=O) groups excluding carboxylic acids is 1. The van der Waals surface area contributed by atoms with Crippen LogP contribution in [0.25, 0.3) is 0 Å². The van der Waals surface area contributed by atoms with E-state index in [0.717, 1.165) is 0 Å². The Balaban J connectivity index is 6.76. The Kier molecular flexibility index (Phi) is 7.72. The molecule has 34 heavy (non-hydrogen) atoms. The van der Waals surface area contributed by atoms with Crippen molar-refractivity contribution in [1.82, 2.24) is 0 Å². The van der Waals surface area contributed by atoms with Gasteiger partial charge in [0, 0.05) is 6.08 Å². The topological polar surface area (TPSA) is 26.3 Å². The molecule has 0 bridgehead atoms. The maximum atomic E-state index is 13.4. The SMILES string of the molecule is C=CC(=O)OCC(F)(F)C(F)(F)C(F)(F)C(F)(F)C(F)(F)C(F)(F)C(F)(F)C(F)(F)C(F)(F)F. The maximum absolute atomic E-state index is 13.4. The van der Waals surface area contributed by atoms with Crippen LogP contribution in [-0.2, 0) is 9.53 Å². The maximum Gasteiger partial charge on any atom is 0.460 e. The fraction of sp³-hybridized carbons (Fsp3) is 0.769. The van der Waals surface area contributed by atoms with E-state index in [2.05, 4.69) is 11.3 Å². The number of hydrogen-bond donors (Lipinski definition) is 0. The summed E-state index contributed by atoms with van der Waals surface area (Å²) < 4.78 is 250. The molecule has 0 unspecified atom stereocenters. The Morgan fingerprint density at radius 3 is 1.06 bits per heavy atom. The zero-order valence-corrected chi connectivity index (χ0v) is 15.0. The average Bonchev–Trinajstić information content (AvgIpc) is 2.63. The van der Waals surface area contributed by atoms with Crippen LogP contribution in [0.5, 0.6) is 0 Å².